The molecule has 0 saturated carbocycles. The number of H-pyrrole nitrogens is 1. The van der Waals surface area contributed by atoms with E-state index in [4.69, 9.17) is 9.47 Å². The lowest BCUT2D eigenvalue weighted by Crippen LogP contribution is -2.47. The number of piperazine rings is 1. The maximum absolute atomic E-state index is 5.49. The number of anilines is 1. The molecule has 2 aliphatic rings. The highest BCUT2D eigenvalue weighted by Crippen LogP contribution is 2.18. The van der Waals surface area contributed by atoms with Crippen molar-refractivity contribution in [3.63, 3.8) is 0 Å². The van der Waals surface area contributed by atoms with Crippen LogP contribution in [0.2, 0.25) is 0 Å². The number of nitrogens with one attached hydrogen (secondary N) is 1. The second kappa shape index (κ2) is 6.24. The van der Waals surface area contributed by atoms with Crippen LogP contribution in [-0.4, -0.2) is 67.1 Å². The van der Waals surface area contributed by atoms with E-state index in [-0.39, 0.29) is 6.29 Å². The Morgan fingerprint density at radius 2 is 1.86 bits per heavy atom. The molecule has 0 radical (unpaired) electrons. The molecule has 4 rings (SSSR count). The lowest BCUT2D eigenvalue weighted by molar-refractivity contribution is -0.0516. The summed E-state index contributed by atoms with van der Waals surface area (Å²) in [4.78, 5) is 12.9. The van der Waals surface area contributed by atoms with Gasteiger partial charge in [-0.3, -0.25) is 4.90 Å². The molecule has 118 valence electrons. The summed E-state index contributed by atoms with van der Waals surface area (Å²) in [5, 5.41) is 0. The van der Waals surface area contributed by atoms with Crippen molar-refractivity contribution in [1.82, 2.24) is 14.9 Å². The quantitative estimate of drug-likeness (QED) is 0.926. The van der Waals surface area contributed by atoms with Gasteiger partial charge in [0.1, 0.15) is 0 Å². The molecular weight excluding hydrogens is 280 g/mol. The molecule has 1 aromatic heterocycles. The first-order valence-electron chi connectivity index (χ1n) is 8.04. The Morgan fingerprint density at radius 1 is 1.09 bits per heavy atom. The fourth-order valence-electron chi connectivity index (χ4n) is 3.13. The standard InChI is InChI=1S/C16H22N4O2/c1-2-4-14-13(3-1)17-16(18-14)20-9-7-19(8-10-20)6-5-15-21-11-12-22-15/h1-4,15H,5-12H2,(H,17,18). The Labute approximate surface area is 130 Å². The van der Waals surface area contributed by atoms with Gasteiger partial charge < -0.3 is 19.4 Å². The summed E-state index contributed by atoms with van der Waals surface area (Å²) in [5.74, 6) is 0.989. The zero-order valence-corrected chi connectivity index (χ0v) is 12.7. The predicted octanol–water partition coefficient (Wildman–Crippen LogP) is 1.45. The van der Waals surface area contributed by atoms with Crippen LogP contribution in [-0.2, 0) is 9.47 Å². The number of imidazole rings is 1. The zero-order valence-electron chi connectivity index (χ0n) is 12.7. The van der Waals surface area contributed by atoms with Crippen LogP contribution in [0.3, 0.4) is 0 Å². The van der Waals surface area contributed by atoms with Crippen molar-refractivity contribution in [2.24, 2.45) is 0 Å². The molecule has 22 heavy (non-hydrogen) atoms. The normalized spacial score (nSPS) is 21.0. The Morgan fingerprint density at radius 3 is 2.64 bits per heavy atom. The van der Waals surface area contributed by atoms with Crippen molar-refractivity contribution in [2.45, 2.75) is 12.7 Å². The lowest BCUT2D eigenvalue weighted by atomic mass is 10.3. The molecule has 0 bridgehead atoms. The summed E-state index contributed by atoms with van der Waals surface area (Å²) in [7, 11) is 0. The van der Waals surface area contributed by atoms with Crippen LogP contribution in [0, 0.1) is 0 Å². The Balaban J connectivity index is 1.31. The van der Waals surface area contributed by atoms with Crippen LogP contribution in [0.25, 0.3) is 11.0 Å². The molecule has 2 saturated heterocycles. The molecule has 6 heteroatoms. The third-order valence-corrected chi connectivity index (χ3v) is 4.42. The maximum Gasteiger partial charge on any atom is 0.203 e. The van der Waals surface area contributed by atoms with Gasteiger partial charge in [0, 0.05) is 39.1 Å². The van der Waals surface area contributed by atoms with Crippen LogP contribution in [0.15, 0.2) is 24.3 Å². The number of benzene rings is 1. The van der Waals surface area contributed by atoms with Gasteiger partial charge in [-0.05, 0) is 12.1 Å². The van der Waals surface area contributed by atoms with E-state index in [1.165, 1.54) is 0 Å². The van der Waals surface area contributed by atoms with E-state index >= 15 is 0 Å². The molecule has 0 unspecified atom stereocenters. The van der Waals surface area contributed by atoms with E-state index in [0.29, 0.717) is 0 Å². The van der Waals surface area contributed by atoms with E-state index < -0.39 is 0 Å². The van der Waals surface area contributed by atoms with Crippen LogP contribution >= 0.6 is 0 Å². The topological polar surface area (TPSA) is 53.6 Å². The Bertz CT molecular complexity index is 582. The SMILES string of the molecule is c1ccc2[nH]c(N3CCN(CCC4OCCO4)CC3)nc2c1. The molecule has 1 N–H and O–H groups in total. The van der Waals surface area contributed by atoms with Crippen molar-refractivity contribution in [1.29, 1.82) is 0 Å². The minimum absolute atomic E-state index is 0.00778. The van der Waals surface area contributed by atoms with Crippen molar-refractivity contribution < 1.29 is 9.47 Å². The molecule has 0 spiro atoms. The molecule has 0 amide bonds. The molecule has 1 aromatic carbocycles. The van der Waals surface area contributed by atoms with Crippen molar-refractivity contribution in [3.8, 4) is 0 Å². The summed E-state index contributed by atoms with van der Waals surface area (Å²) >= 11 is 0. The van der Waals surface area contributed by atoms with Gasteiger partial charge in [-0.15, -0.1) is 0 Å². The summed E-state index contributed by atoms with van der Waals surface area (Å²) < 4.78 is 11.0. The Kier molecular flexibility index (Phi) is 3.97. The summed E-state index contributed by atoms with van der Waals surface area (Å²) in [5.41, 5.74) is 2.14. The molecule has 3 heterocycles. The van der Waals surface area contributed by atoms with Crippen LogP contribution in [0.4, 0.5) is 5.95 Å². The number of hydrogen-bond acceptors (Lipinski definition) is 5. The number of hydrogen-bond donors (Lipinski definition) is 1. The number of rotatable bonds is 4. The fraction of sp³-hybridized carbons (Fsp3) is 0.562. The number of aromatic nitrogens is 2. The van der Waals surface area contributed by atoms with Gasteiger partial charge in [-0.25, -0.2) is 4.98 Å². The number of para-hydroxylation sites is 2. The molecule has 0 aliphatic carbocycles. The van der Waals surface area contributed by atoms with Gasteiger partial charge >= 0.3 is 0 Å². The highest BCUT2D eigenvalue weighted by molar-refractivity contribution is 5.77. The second-order valence-electron chi connectivity index (χ2n) is 5.87. The summed E-state index contributed by atoms with van der Waals surface area (Å²) in [6, 6.07) is 8.18. The molecular formula is C16H22N4O2. The van der Waals surface area contributed by atoms with Gasteiger partial charge in [0.05, 0.1) is 24.2 Å². The van der Waals surface area contributed by atoms with Crippen LogP contribution in [0.1, 0.15) is 6.42 Å². The average Bonchev–Trinajstić information content (AvgIpc) is 3.22. The monoisotopic (exact) mass is 302 g/mol. The van der Waals surface area contributed by atoms with Crippen molar-refractivity contribution in [2.75, 3.05) is 50.8 Å². The minimum Gasteiger partial charge on any atom is -0.350 e. The van der Waals surface area contributed by atoms with Crippen LogP contribution in [0.5, 0.6) is 0 Å². The largest absolute Gasteiger partial charge is 0.350 e. The van der Waals surface area contributed by atoms with Gasteiger partial charge in [-0.1, -0.05) is 12.1 Å². The van der Waals surface area contributed by atoms with Gasteiger partial charge in [0.15, 0.2) is 6.29 Å². The number of ether oxygens (including phenoxy) is 2. The number of fused-ring (bicyclic) bond motifs is 1. The van der Waals surface area contributed by atoms with Gasteiger partial charge in [0.25, 0.3) is 0 Å². The molecule has 2 fully saturated rings. The minimum atomic E-state index is 0.00778. The lowest BCUT2D eigenvalue weighted by Gasteiger charge is -2.34. The smallest absolute Gasteiger partial charge is 0.203 e. The van der Waals surface area contributed by atoms with Gasteiger partial charge in [0.2, 0.25) is 5.95 Å². The van der Waals surface area contributed by atoms with Crippen LogP contribution < -0.4 is 4.90 Å². The first-order chi connectivity index (χ1) is 10.9. The summed E-state index contributed by atoms with van der Waals surface area (Å²) in [6.07, 6.45) is 0.971. The van der Waals surface area contributed by atoms with E-state index in [0.717, 1.165) is 69.3 Å². The van der Waals surface area contributed by atoms with Gasteiger partial charge in [-0.2, -0.15) is 0 Å². The zero-order chi connectivity index (χ0) is 14.8. The van der Waals surface area contributed by atoms with E-state index in [1.807, 2.05) is 18.2 Å². The van der Waals surface area contributed by atoms with E-state index in [2.05, 4.69) is 25.8 Å². The molecule has 2 aromatic rings. The predicted molar refractivity (Wildman–Crippen MR) is 85.1 cm³/mol. The Hall–Kier alpha value is -1.63. The van der Waals surface area contributed by atoms with Crippen molar-refractivity contribution >= 4 is 17.0 Å². The number of nitrogens with zero attached hydrogens (tertiary/aromatic N) is 3. The first-order valence-corrected chi connectivity index (χ1v) is 8.04. The molecule has 2 aliphatic heterocycles. The average molecular weight is 302 g/mol. The second-order valence-corrected chi connectivity index (χ2v) is 5.87. The van der Waals surface area contributed by atoms with Crippen molar-refractivity contribution in [3.05, 3.63) is 24.3 Å². The summed E-state index contributed by atoms with van der Waals surface area (Å²) in [6.45, 7) is 6.65. The van der Waals surface area contributed by atoms with E-state index in [9.17, 15) is 0 Å². The maximum atomic E-state index is 5.49. The highest BCUT2D eigenvalue weighted by Gasteiger charge is 2.22. The van der Waals surface area contributed by atoms with E-state index in [1.54, 1.807) is 0 Å². The molecule has 0 atom stereocenters. The third kappa shape index (κ3) is 2.95. The highest BCUT2D eigenvalue weighted by atomic mass is 16.7. The molecule has 6 nitrogen and oxygen atoms in total. The third-order valence-electron chi connectivity index (χ3n) is 4.42. The number of aromatic amines is 1. The fourth-order valence-corrected chi connectivity index (χ4v) is 3.13. The first kappa shape index (κ1) is 14.0.